The van der Waals surface area contributed by atoms with Gasteiger partial charge in [0, 0.05) is 44.8 Å². The lowest BCUT2D eigenvalue weighted by Crippen LogP contribution is -2.45. The summed E-state index contributed by atoms with van der Waals surface area (Å²) in [4.78, 5) is 23.0. The zero-order valence-electron chi connectivity index (χ0n) is 12.9. The van der Waals surface area contributed by atoms with Gasteiger partial charge in [-0.1, -0.05) is 0 Å². The highest BCUT2D eigenvalue weighted by Gasteiger charge is 2.22. The second kappa shape index (κ2) is 6.13. The predicted molar refractivity (Wildman–Crippen MR) is 82.7 cm³/mol. The molecule has 0 bridgehead atoms. The smallest absolute Gasteiger partial charge is 0.254 e. The monoisotopic (exact) mass is 300 g/mol. The molecule has 0 atom stereocenters. The predicted octanol–water partition coefficient (Wildman–Crippen LogP) is 0.917. The number of carbonyl (C=O) groups excluding carboxylic acids is 1. The number of aryl methyl sites for hydroxylation is 2. The number of piperidine rings is 1. The Kier molecular flexibility index (Phi) is 4.04. The number of rotatable bonds is 3. The molecule has 1 amide bonds. The summed E-state index contributed by atoms with van der Waals surface area (Å²) in [7, 11) is 1.80. The van der Waals surface area contributed by atoms with Crippen LogP contribution in [0.15, 0.2) is 24.8 Å². The van der Waals surface area contributed by atoms with E-state index < -0.39 is 0 Å². The minimum atomic E-state index is -0.0573. The first-order chi connectivity index (χ1) is 10.6. The van der Waals surface area contributed by atoms with Gasteiger partial charge in [-0.3, -0.25) is 9.48 Å². The highest BCUT2D eigenvalue weighted by atomic mass is 16.1. The van der Waals surface area contributed by atoms with E-state index in [2.05, 4.69) is 25.3 Å². The van der Waals surface area contributed by atoms with Crippen LogP contribution in [0.4, 0.5) is 5.95 Å². The van der Waals surface area contributed by atoms with Crippen molar-refractivity contribution < 1.29 is 4.79 Å². The van der Waals surface area contributed by atoms with Gasteiger partial charge in [-0.15, -0.1) is 0 Å². The minimum Gasteiger partial charge on any atom is -0.349 e. The van der Waals surface area contributed by atoms with Crippen molar-refractivity contribution in [1.82, 2.24) is 25.1 Å². The van der Waals surface area contributed by atoms with Crippen molar-refractivity contribution in [2.45, 2.75) is 25.8 Å². The topological polar surface area (TPSA) is 75.9 Å². The zero-order chi connectivity index (χ0) is 15.5. The van der Waals surface area contributed by atoms with Gasteiger partial charge in [0.25, 0.3) is 5.91 Å². The van der Waals surface area contributed by atoms with Crippen LogP contribution >= 0.6 is 0 Å². The summed E-state index contributed by atoms with van der Waals surface area (Å²) in [5, 5.41) is 7.09. The van der Waals surface area contributed by atoms with Gasteiger partial charge in [-0.2, -0.15) is 5.10 Å². The Labute approximate surface area is 129 Å². The van der Waals surface area contributed by atoms with Crippen molar-refractivity contribution in [3.8, 4) is 0 Å². The molecule has 7 nitrogen and oxygen atoms in total. The van der Waals surface area contributed by atoms with Gasteiger partial charge in [0.2, 0.25) is 5.95 Å². The van der Waals surface area contributed by atoms with Crippen LogP contribution in [-0.4, -0.2) is 44.8 Å². The van der Waals surface area contributed by atoms with Gasteiger partial charge in [-0.25, -0.2) is 9.97 Å². The fraction of sp³-hybridized carbons (Fsp3) is 0.467. The van der Waals surface area contributed by atoms with Crippen molar-refractivity contribution in [3.05, 3.63) is 35.9 Å². The lowest BCUT2D eigenvalue weighted by atomic mass is 10.0. The Bertz CT molecular complexity index is 642. The average molecular weight is 300 g/mol. The van der Waals surface area contributed by atoms with Crippen LogP contribution in [0.2, 0.25) is 0 Å². The third kappa shape index (κ3) is 3.24. The van der Waals surface area contributed by atoms with E-state index >= 15 is 0 Å². The summed E-state index contributed by atoms with van der Waals surface area (Å²) in [5.74, 6) is 0.709. The molecule has 2 aromatic heterocycles. The first-order valence-electron chi connectivity index (χ1n) is 7.45. The molecule has 3 heterocycles. The first-order valence-corrected chi connectivity index (χ1v) is 7.45. The fourth-order valence-electron chi connectivity index (χ4n) is 2.58. The molecule has 1 saturated heterocycles. The summed E-state index contributed by atoms with van der Waals surface area (Å²) in [6.07, 6.45) is 8.76. The number of anilines is 1. The summed E-state index contributed by atoms with van der Waals surface area (Å²) < 4.78 is 1.63. The van der Waals surface area contributed by atoms with Crippen LogP contribution in [0, 0.1) is 6.92 Å². The highest BCUT2D eigenvalue weighted by molar-refractivity contribution is 5.93. The molecule has 116 valence electrons. The molecule has 0 spiro atoms. The van der Waals surface area contributed by atoms with Gasteiger partial charge < -0.3 is 10.2 Å². The minimum absolute atomic E-state index is 0.0573. The molecule has 0 aromatic carbocycles. The third-order valence-corrected chi connectivity index (χ3v) is 3.85. The number of carbonyl (C=O) groups is 1. The van der Waals surface area contributed by atoms with Crippen molar-refractivity contribution in [2.75, 3.05) is 18.0 Å². The van der Waals surface area contributed by atoms with E-state index in [1.807, 2.05) is 19.3 Å². The second-order valence-electron chi connectivity index (χ2n) is 5.70. The van der Waals surface area contributed by atoms with Crippen LogP contribution in [0.25, 0.3) is 0 Å². The molecule has 0 saturated carbocycles. The summed E-state index contributed by atoms with van der Waals surface area (Å²) in [5.41, 5.74) is 1.66. The summed E-state index contributed by atoms with van der Waals surface area (Å²) >= 11 is 0. The Morgan fingerprint density at radius 1 is 1.23 bits per heavy atom. The van der Waals surface area contributed by atoms with Crippen LogP contribution < -0.4 is 10.2 Å². The van der Waals surface area contributed by atoms with Crippen LogP contribution in [0.1, 0.15) is 28.8 Å². The quantitative estimate of drug-likeness (QED) is 0.912. The van der Waals surface area contributed by atoms with E-state index in [0.29, 0.717) is 5.56 Å². The number of nitrogens with one attached hydrogen (secondary N) is 1. The van der Waals surface area contributed by atoms with Crippen LogP contribution in [0.3, 0.4) is 0 Å². The summed E-state index contributed by atoms with van der Waals surface area (Å²) in [6.45, 7) is 3.67. The molecule has 1 N–H and O–H groups in total. The number of hydrogen-bond acceptors (Lipinski definition) is 5. The molecule has 1 aliphatic heterocycles. The average Bonchev–Trinajstić information content (AvgIpc) is 2.96. The maximum Gasteiger partial charge on any atom is 0.254 e. The number of hydrogen-bond donors (Lipinski definition) is 1. The molecular weight excluding hydrogens is 280 g/mol. The Morgan fingerprint density at radius 3 is 2.50 bits per heavy atom. The molecule has 3 rings (SSSR count). The molecular formula is C15H20N6O. The molecule has 0 unspecified atom stereocenters. The Hall–Kier alpha value is -2.44. The molecule has 2 aromatic rings. The Morgan fingerprint density at radius 2 is 1.91 bits per heavy atom. The van der Waals surface area contributed by atoms with Crippen molar-refractivity contribution in [1.29, 1.82) is 0 Å². The molecule has 1 aliphatic rings. The van der Waals surface area contributed by atoms with Crippen molar-refractivity contribution in [3.63, 3.8) is 0 Å². The van der Waals surface area contributed by atoms with E-state index in [1.165, 1.54) is 0 Å². The normalized spacial score (nSPS) is 15.8. The molecule has 0 radical (unpaired) electrons. The standard InChI is InChI=1S/C15H20N6O/c1-11-7-16-15(17-8-11)21-5-3-13(4-6-21)19-14(22)12-9-18-20(2)10-12/h7-10,13H,3-6H2,1-2H3,(H,19,22). The van der Waals surface area contributed by atoms with Gasteiger partial charge in [0.1, 0.15) is 0 Å². The largest absolute Gasteiger partial charge is 0.349 e. The maximum absolute atomic E-state index is 12.1. The van der Waals surface area contributed by atoms with E-state index in [-0.39, 0.29) is 11.9 Å². The lowest BCUT2D eigenvalue weighted by Gasteiger charge is -2.32. The number of nitrogens with zero attached hydrogens (tertiary/aromatic N) is 5. The van der Waals surface area contributed by atoms with Crippen LogP contribution in [-0.2, 0) is 7.05 Å². The van der Waals surface area contributed by atoms with E-state index in [9.17, 15) is 4.79 Å². The molecule has 1 fully saturated rings. The molecule has 22 heavy (non-hydrogen) atoms. The lowest BCUT2D eigenvalue weighted by molar-refractivity contribution is 0.0931. The van der Waals surface area contributed by atoms with E-state index in [1.54, 1.807) is 24.1 Å². The van der Waals surface area contributed by atoms with Crippen molar-refractivity contribution >= 4 is 11.9 Å². The van der Waals surface area contributed by atoms with Crippen LogP contribution in [0.5, 0.6) is 0 Å². The zero-order valence-corrected chi connectivity index (χ0v) is 12.9. The third-order valence-electron chi connectivity index (χ3n) is 3.85. The Balaban J connectivity index is 1.53. The number of aromatic nitrogens is 4. The van der Waals surface area contributed by atoms with E-state index in [0.717, 1.165) is 37.4 Å². The SMILES string of the molecule is Cc1cnc(N2CCC(NC(=O)c3cnn(C)c3)CC2)nc1. The van der Waals surface area contributed by atoms with Gasteiger partial charge in [-0.05, 0) is 25.3 Å². The van der Waals surface area contributed by atoms with Gasteiger partial charge >= 0.3 is 0 Å². The highest BCUT2D eigenvalue weighted by Crippen LogP contribution is 2.16. The van der Waals surface area contributed by atoms with Gasteiger partial charge in [0.15, 0.2) is 0 Å². The second-order valence-corrected chi connectivity index (χ2v) is 5.70. The summed E-state index contributed by atoms with van der Waals surface area (Å²) in [6, 6.07) is 0.189. The maximum atomic E-state index is 12.1. The first kappa shape index (κ1) is 14.5. The molecule has 0 aliphatic carbocycles. The van der Waals surface area contributed by atoms with Gasteiger partial charge in [0.05, 0.1) is 11.8 Å². The molecule has 7 heteroatoms. The number of amides is 1. The van der Waals surface area contributed by atoms with E-state index in [4.69, 9.17) is 0 Å². The van der Waals surface area contributed by atoms with Crippen molar-refractivity contribution in [2.24, 2.45) is 7.05 Å². The fourth-order valence-corrected chi connectivity index (χ4v) is 2.58.